The fourth-order valence-corrected chi connectivity index (χ4v) is 2.55. The number of nitrogens with one attached hydrogen (secondary N) is 1. The van der Waals surface area contributed by atoms with Gasteiger partial charge in [-0.3, -0.25) is 0 Å². The summed E-state index contributed by atoms with van der Waals surface area (Å²) in [5.41, 5.74) is 0. The summed E-state index contributed by atoms with van der Waals surface area (Å²) in [5.74, 6) is 3.46. The van der Waals surface area contributed by atoms with E-state index in [4.69, 9.17) is 4.99 Å². The number of guanidine groups is 1. The van der Waals surface area contributed by atoms with Gasteiger partial charge < -0.3 is 14.8 Å². The Morgan fingerprint density at radius 1 is 1.52 bits per heavy atom. The number of nitrogens with zero attached hydrogens (tertiary/aromatic N) is 5. The highest BCUT2D eigenvalue weighted by Crippen LogP contribution is 2.15. The minimum absolute atomic E-state index is 0.543. The van der Waals surface area contributed by atoms with Gasteiger partial charge in [0.1, 0.15) is 12.4 Å². The van der Waals surface area contributed by atoms with Crippen LogP contribution in [0.2, 0.25) is 0 Å². The zero-order chi connectivity index (χ0) is 15.2. The Morgan fingerprint density at radius 3 is 2.95 bits per heavy atom. The van der Waals surface area contributed by atoms with Gasteiger partial charge in [0.05, 0.1) is 0 Å². The monoisotopic (exact) mass is 290 g/mol. The number of hydrogen-bond acceptors (Lipinski definition) is 3. The molecule has 0 bridgehead atoms. The van der Waals surface area contributed by atoms with Gasteiger partial charge in [0, 0.05) is 26.7 Å². The molecule has 1 unspecified atom stereocenters. The van der Waals surface area contributed by atoms with Crippen molar-refractivity contribution in [2.24, 2.45) is 18.0 Å². The van der Waals surface area contributed by atoms with Crippen molar-refractivity contribution in [3.8, 4) is 0 Å². The van der Waals surface area contributed by atoms with Crippen molar-refractivity contribution in [1.29, 1.82) is 0 Å². The molecule has 2 rings (SSSR count). The molecule has 1 saturated heterocycles. The van der Waals surface area contributed by atoms with Crippen LogP contribution in [0, 0.1) is 12.8 Å². The Hall–Kier alpha value is -1.85. The van der Waals surface area contributed by atoms with Crippen LogP contribution in [0.5, 0.6) is 0 Å². The third-order valence-corrected chi connectivity index (χ3v) is 3.91. The Bertz CT molecular complexity index is 504. The van der Waals surface area contributed by atoms with Gasteiger partial charge in [0.15, 0.2) is 11.8 Å². The summed E-state index contributed by atoms with van der Waals surface area (Å²) in [5, 5.41) is 11.6. The predicted molar refractivity (Wildman–Crippen MR) is 85.0 cm³/mol. The van der Waals surface area contributed by atoms with Gasteiger partial charge in [-0.1, -0.05) is 13.0 Å². The smallest absolute Gasteiger partial charge is 0.194 e. The summed E-state index contributed by atoms with van der Waals surface area (Å²) in [4.78, 5) is 7.06. The van der Waals surface area contributed by atoms with Crippen LogP contribution < -0.4 is 5.32 Å². The summed E-state index contributed by atoms with van der Waals surface area (Å²) in [6, 6.07) is 0. The number of aliphatic imine (C=N–C) groups is 1. The predicted octanol–water partition coefficient (Wildman–Crippen LogP) is 1.49. The van der Waals surface area contributed by atoms with E-state index in [-0.39, 0.29) is 0 Å². The molecule has 1 atom stereocenters. The molecule has 6 nitrogen and oxygen atoms in total. The van der Waals surface area contributed by atoms with Gasteiger partial charge >= 0.3 is 0 Å². The molecule has 0 aromatic carbocycles. The van der Waals surface area contributed by atoms with Crippen LogP contribution in [0.15, 0.2) is 17.6 Å². The zero-order valence-electron chi connectivity index (χ0n) is 13.3. The van der Waals surface area contributed by atoms with Crippen LogP contribution in [0.3, 0.4) is 0 Å². The van der Waals surface area contributed by atoms with Crippen LogP contribution in [-0.2, 0) is 13.6 Å². The summed E-state index contributed by atoms with van der Waals surface area (Å²) in [7, 11) is 1.97. The minimum Gasteiger partial charge on any atom is -0.353 e. The number of aromatic nitrogens is 3. The fraction of sp³-hybridized carbons (Fsp3) is 0.667. The van der Waals surface area contributed by atoms with E-state index in [1.54, 1.807) is 0 Å². The lowest BCUT2D eigenvalue weighted by atomic mass is 10.0. The lowest BCUT2D eigenvalue weighted by Gasteiger charge is -2.33. The van der Waals surface area contributed by atoms with E-state index in [1.165, 1.54) is 12.8 Å². The topological polar surface area (TPSA) is 58.3 Å². The van der Waals surface area contributed by atoms with E-state index >= 15 is 0 Å². The summed E-state index contributed by atoms with van der Waals surface area (Å²) in [6.07, 6.45) is 4.38. The first-order chi connectivity index (χ1) is 10.1. The molecule has 1 aromatic rings. The van der Waals surface area contributed by atoms with Gasteiger partial charge in [0.2, 0.25) is 0 Å². The van der Waals surface area contributed by atoms with Crippen molar-refractivity contribution in [2.75, 3.05) is 19.6 Å². The zero-order valence-corrected chi connectivity index (χ0v) is 13.3. The van der Waals surface area contributed by atoms with Gasteiger partial charge in [-0.15, -0.1) is 16.8 Å². The first-order valence-corrected chi connectivity index (χ1v) is 7.60. The molecule has 1 aliphatic heterocycles. The molecule has 6 heteroatoms. The van der Waals surface area contributed by atoms with Crippen molar-refractivity contribution >= 4 is 5.96 Å². The summed E-state index contributed by atoms with van der Waals surface area (Å²) >= 11 is 0. The molecule has 1 N–H and O–H groups in total. The molecule has 1 aromatic heterocycles. The molecule has 2 heterocycles. The van der Waals surface area contributed by atoms with Crippen LogP contribution in [-0.4, -0.2) is 45.3 Å². The molecule has 0 aliphatic carbocycles. The van der Waals surface area contributed by atoms with E-state index < -0.39 is 0 Å². The number of rotatable bonds is 4. The molecule has 1 aliphatic rings. The molecular formula is C15H26N6. The van der Waals surface area contributed by atoms with E-state index in [9.17, 15) is 0 Å². The highest BCUT2D eigenvalue weighted by molar-refractivity contribution is 5.80. The minimum atomic E-state index is 0.543. The van der Waals surface area contributed by atoms with E-state index in [0.29, 0.717) is 12.5 Å². The third-order valence-electron chi connectivity index (χ3n) is 3.91. The molecule has 0 radical (unpaired) electrons. The van der Waals surface area contributed by atoms with Crippen LogP contribution in [0.25, 0.3) is 0 Å². The maximum absolute atomic E-state index is 4.72. The Labute approximate surface area is 127 Å². The van der Waals surface area contributed by atoms with Gasteiger partial charge in [0.25, 0.3) is 0 Å². The van der Waals surface area contributed by atoms with Crippen LogP contribution in [0.4, 0.5) is 0 Å². The number of hydrogen-bond donors (Lipinski definition) is 1. The number of aryl methyl sites for hydroxylation is 1. The van der Waals surface area contributed by atoms with Crippen molar-refractivity contribution in [1.82, 2.24) is 25.0 Å². The average Bonchev–Trinajstić information content (AvgIpc) is 2.79. The highest BCUT2D eigenvalue weighted by Gasteiger charge is 2.19. The van der Waals surface area contributed by atoms with E-state index in [0.717, 1.165) is 37.2 Å². The first kappa shape index (κ1) is 15.5. The number of piperidine rings is 1. The van der Waals surface area contributed by atoms with Gasteiger partial charge in [-0.25, -0.2) is 4.99 Å². The Morgan fingerprint density at radius 2 is 2.33 bits per heavy atom. The van der Waals surface area contributed by atoms with Crippen molar-refractivity contribution < 1.29 is 0 Å². The highest BCUT2D eigenvalue weighted by atomic mass is 15.3. The second kappa shape index (κ2) is 7.24. The molecule has 0 spiro atoms. The Balaban J connectivity index is 2.08. The van der Waals surface area contributed by atoms with E-state index in [1.807, 2.05) is 24.6 Å². The molecule has 0 saturated carbocycles. The molecule has 21 heavy (non-hydrogen) atoms. The normalized spacial score (nSPS) is 19.7. The summed E-state index contributed by atoms with van der Waals surface area (Å²) in [6.45, 7) is 11.4. The number of likely N-dealkylation sites (tertiary alicyclic amines) is 1. The molecule has 116 valence electrons. The quantitative estimate of drug-likeness (QED) is 0.518. The molecule has 0 amide bonds. The van der Waals surface area contributed by atoms with Gasteiger partial charge in [-0.2, -0.15) is 0 Å². The van der Waals surface area contributed by atoms with Crippen molar-refractivity contribution in [3.63, 3.8) is 0 Å². The Kier molecular flexibility index (Phi) is 5.36. The fourth-order valence-electron chi connectivity index (χ4n) is 2.55. The molecule has 1 fully saturated rings. The summed E-state index contributed by atoms with van der Waals surface area (Å²) < 4.78 is 1.98. The molecular weight excluding hydrogens is 264 g/mol. The second-order valence-corrected chi connectivity index (χ2v) is 5.73. The van der Waals surface area contributed by atoms with Crippen LogP contribution >= 0.6 is 0 Å². The van der Waals surface area contributed by atoms with Gasteiger partial charge in [-0.05, 0) is 25.7 Å². The standard InChI is InChI=1S/C15H26N6/c1-5-8-16-15(21-9-6-7-12(2)11-21)17-10-14-19-18-13(3)20(14)4/h5,12H,1,6-11H2,2-4H3,(H,16,17). The third kappa shape index (κ3) is 4.06. The van der Waals surface area contributed by atoms with Crippen molar-refractivity contribution in [3.05, 3.63) is 24.3 Å². The largest absolute Gasteiger partial charge is 0.353 e. The van der Waals surface area contributed by atoms with E-state index in [2.05, 4.69) is 33.9 Å². The maximum atomic E-state index is 4.72. The van der Waals surface area contributed by atoms with Crippen LogP contribution in [0.1, 0.15) is 31.4 Å². The maximum Gasteiger partial charge on any atom is 0.194 e. The lowest BCUT2D eigenvalue weighted by Crippen LogP contribution is -2.46. The lowest BCUT2D eigenvalue weighted by molar-refractivity contribution is 0.266. The SMILES string of the molecule is C=CCNC(=NCc1nnc(C)n1C)N1CCCC(C)C1. The van der Waals surface area contributed by atoms with Crippen molar-refractivity contribution in [2.45, 2.75) is 33.2 Å². The first-order valence-electron chi connectivity index (χ1n) is 7.60. The average molecular weight is 290 g/mol. The second-order valence-electron chi connectivity index (χ2n) is 5.73.